The number of rotatable bonds is 4. The highest BCUT2D eigenvalue weighted by molar-refractivity contribution is 6.04. The number of carbonyl (C=O) groups excluding carboxylic acids is 1. The molecule has 0 atom stereocenters. The fourth-order valence-corrected chi connectivity index (χ4v) is 1.13. The maximum absolute atomic E-state index is 12.3. The van der Waals surface area contributed by atoms with Gasteiger partial charge in [-0.15, -0.1) is 0 Å². The lowest BCUT2D eigenvalue weighted by Crippen LogP contribution is -2.05. The summed E-state index contributed by atoms with van der Waals surface area (Å²) >= 11 is 0. The third-order valence-corrected chi connectivity index (χ3v) is 1.98. The largest absolute Gasteiger partial charge is 0.501 e. The second kappa shape index (κ2) is 5.52. The van der Waals surface area contributed by atoms with Crippen molar-refractivity contribution in [1.29, 1.82) is 0 Å². The molecule has 1 aromatic rings. The Morgan fingerprint density at radius 2 is 1.88 bits per heavy atom. The van der Waals surface area contributed by atoms with Gasteiger partial charge in [0.2, 0.25) is 0 Å². The Balaban J connectivity index is 2.78. The number of halogens is 3. The van der Waals surface area contributed by atoms with Crippen LogP contribution in [0.15, 0.2) is 36.6 Å². The zero-order valence-electron chi connectivity index (χ0n) is 9.12. The summed E-state index contributed by atoms with van der Waals surface area (Å²) < 4.78 is 41.6. The molecule has 0 fully saturated rings. The highest BCUT2D eigenvalue weighted by Gasteiger charge is 2.30. The van der Waals surface area contributed by atoms with Crippen molar-refractivity contribution >= 4 is 5.78 Å². The van der Waals surface area contributed by atoms with Crippen LogP contribution in [0.4, 0.5) is 13.2 Å². The minimum atomic E-state index is -4.39. The summed E-state index contributed by atoms with van der Waals surface area (Å²) in [5, 5.41) is 0. The maximum atomic E-state index is 12.3. The predicted octanol–water partition coefficient (Wildman–Crippen LogP) is 3.44. The Kier molecular flexibility index (Phi) is 4.31. The molecule has 0 radical (unpaired) electrons. The van der Waals surface area contributed by atoms with E-state index < -0.39 is 17.5 Å². The zero-order valence-corrected chi connectivity index (χ0v) is 9.12. The normalized spacial score (nSPS) is 11.8. The van der Waals surface area contributed by atoms with Crippen molar-refractivity contribution in [3.63, 3.8) is 0 Å². The van der Waals surface area contributed by atoms with Crippen molar-refractivity contribution in [2.45, 2.75) is 13.1 Å². The molecule has 0 aliphatic carbocycles. The van der Waals surface area contributed by atoms with Crippen LogP contribution in [0.2, 0.25) is 0 Å². The van der Waals surface area contributed by atoms with Gasteiger partial charge in [0.15, 0.2) is 5.78 Å². The van der Waals surface area contributed by atoms with E-state index in [1.165, 1.54) is 12.3 Å². The zero-order chi connectivity index (χ0) is 12.9. The lowest BCUT2D eigenvalue weighted by Gasteiger charge is -2.06. The second-order valence-corrected chi connectivity index (χ2v) is 3.20. The highest BCUT2D eigenvalue weighted by atomic mass is 19.4. The number of hydrogen-bond acceptors (Lipinski definition) is 2. The highest BCUT2D eigenvalue weighted by Crippen LogP contribution is 2.29. The third-order valence-electron chi connectivity index (χ3n) is 1.98. The molecule has 5 heteroatoms. The van der Waals surface area contributed by atoms with Crippen LogP contribution in [0.3, 0.4) is 0 Å². The summed E-state index contributed by atoms with van der Waals surface area (Å²) in [4.78, 5) is 11.4. The van der Waals surface area contributed by atoms with Crippen LogP contribution in [0.25, 0.3) is 0 Å². The molecule has 0 unspecified atom stereocenters. The molecule has 0 aliphatic heterocycles. The number of ketones is 1. The molecule has 0 spiro atoms. The van der Waals surface area contributed by atoms with Gasteiger partial charge in [-0.1, -0.05) is 12.1 Å². The number of allylic oxidation sites excluding steroid dienone is 1. The van der Waals surface area contributed by atoms with Gasteiger partial charge >= 0.3 is 6.18 Å². The topological polar surface area (TPSA) is 26.3 Å². The van der Waals surface area contributed by atoms with Crippen molar-refractivity contribution in [2.75, 3.05) is 6.61 Å². The van der Waals surface area contributed by atoms with Gasteiger partial charge in [-0.25, -0.2) is 0 Å². The van der Waals surface area contributed by atoms with E-state index in [0.717, 1.165) is 24.3 Å². The van der Waals surface area contributed by atoms with Crippen LogP contribution in [0.1, 0.15) is 22.8 Å². The summed E-state index contributed by atoms with van der Waals surface area (Å²) in [5.74, 6) is -0.396. The van der Waals surface area contributed by atoms with Gasteiger partial charge in [0.1, 0.15) is 0 Å². The first-order chi connectivity index (χ1) is 7.95. The van der Waals surface area contributed by atoms with Gasteiger partial charge in [-0.05, 0) is 19.1 Å². The Morgan fingerprint density at radius 1 is 1.29 bits per heavy atom. The van der Waals surface area contributed by atoms with Crippen LogP contribution < -0.4 is 0 Å². The van der Waals surface area contributed by atoms with Crippen molar-refractivity contribution in [2.24, 2.45) is 0 Å². The Morgan fingerprint density at radius 3 is 2.35 bits per heavy atom. The molecular weight excluding hydrogens is 233 g/mol. The minimum Gasteiger partial charge on any atom is -0.501 e. The summed E-state index contributed by atoms with van der Waals surface area (Å²) in [7, 11) is 0. The van der Waals surface area contributed by atoms with Gasteiger partial charge < -0.3 is 4.74 Å². The molecule has 0 amide bonds. The third kappa shape index (κ3) is 3.94. The first-order valence-electron chi connectivity index (χ1n) is 4.95. The first-order valence-corrected chi connectivity index (χ1v) is 4.95. The van der Waals surface area contributed by atoms with Gasteiger partial charge in [0.05, 0.1) is 18.4 Å². The van der Waals surface area contributed by atoms with E-state index in [-0.39, 0.29) is 5.56 Å². The molecule has 0 bridgehead atoms. The van der Waals surface area contributed by atoms with Crippen LogP contribution in [0.5, 0.6) is 0 Å². The smallest absolute Gasteiger partial charge is 0.416 e. The van der Waals surface area contributed by atoms with E-state index in [0.29, 0.717) is 6.61 Å². The van der Waals surface area contributed by atoms with Gasteiger partial charge in [0.25, 0.3) is 0 Å². The van der Waals surface area contributed by atoms with Crippen molar-refractivity contribution < 1.29 is 22.7 Å². The summed E-state index contributed by atoms with van der Waals surface area (Å²) in [6.45, 7) is 2.18. The van der Waals surface area contributed by atoms with Crippen LogP contribution >= 0.6 is 0 Å². The van der Waals surface area contributed by atoms with Crippen molar-refractivity contribution in [3.8, 4) is 0 Å². The molecule has 1 aromatic carbocycles. The lowest BCUT2D eigenvalue weighted by atomic mass is 10.1. The van der Waals surface area contributed by atoms with Gasteiger partial charge in [-0.3, -0.25) is 4.79 Å². The van der Waals surface area contributed by atoms with E-state index in [1.54, 1.807) is 6.92 Å². The van der Waals surface area contributed by atoms with Gasteiger partial charge in [0, 0.05) is 11.6 Å². The number of ether oxygens (including phenoxy) is 1. The quantitative estimate of drug-likeness (QED) is 0.460. The van der Waals surface area contributed by atoms with Crippen LogP contribution in [0, 0.1) is 0 Å². The minimum absolute atomic E-state index is 0.189. The Bertz CT molecular complexity index is 405. The van der Waals surface area contributed by atoms with Crippen LogP contribution in [-0.4, -0.2) is 12.4 Å². The summed E-state index contributed by atoms with van der Waals surface area (Å²) in [5.41, 5.74) is -0.586. The Hall–Kier alpha value is -1.78. The van der Waals surface area contributed by atoms with Crippen molar-refractivity contribution in [3.05, 3.63) is 47.7 Å². The average molecular weight is 244 g/mol. The summed E-state index contributed by atoms with van der Waals surface area (Å²) in [6, 6.07) is 4.03. The predicted molar refractivity (Wildman–Crippen MR) is 56.5 cm³/mol. The molecule has 17 heavy (non-hydrogen) atoms. The van der Waals surface area contributed by atoms with E-state index in [1.807, 2.05) is 0 Å². The molecule has 0 aromatic heterocycles. The first kappa shape index (κ1) is 13.3. The van der Waals surface area contributed by atoms with E-state index >= 15 is 0 Å². The van der Waals surface area contributed by atoms with E-state index in [9.17, 15) is 18.0 Å². The second-order valence-electron chi connectivity index (χ2n) is 3.20. The fraction of sp³-hybridized carbons (Fsp3) is 0.250. The molecule has 0 N–H and O–H groups in total. The standard InChI is InChI=1S/C12H11F3O2/c1-2-17-8-7-11(16)9-3-5-10(6-4-9)12(13,14)15/h3-8H,2H2,1H3. The monoisotopic (exact) mass is 244 g/mol. The molecule has 92 valence electrons. The molecule has 1 rings (SSSR count). The molecular formula is C12H11F3O2. The maximum Gasteiger partial charge on any atom is 0.416 e. The molecule has 0 saturated heterocycles. The molecule has 0 aliphatic rings. The number of alkyl halides is 3. The molecule has 0 saturated carbocycles. The average Bonchev–Trinajstić information content (AvgIpc) is 2.28. The summed E-state index contributed by atoms with van der Waals surface area (Å²) in [6.07, 6.45) is -1.99. The van der Waals surface area contributed by atoms with Crippen LogP contribution in [-0.2, 0) is 10.9 Å². The van der Waals surface area contributed by atoms with Gasteiger partial charge in [-0.2, -0.15) is 13.2 Å². The molecule has 2 nitrogen and oxygen atoms in total. The SMILES string of the molecule is CCOC=CC(=O)c1ccc(C(F)(F)F)cc1. The van der Waals surface area contributed by atoms with E-state index in [4.69, 9.17) is 4.74 Å². The van der Waals surface area contributed by atoms with E-state index in [2.05, 4.69) is 0 Å². The number of hydrogen-bond donors (Lipinski definition) is 0. The molecule has 0 heterocycles. The van der Waals surface area contributed by atoms with Crippen molar-refractivity contribution in [1.82, 2.24) is 0 Å². The number of carbonyl (C=O) groups is 1. The number of benzene rings is 1. The fourth-order valence-electron chi connectivity index (χ4n) is 1.13. The Labute approximate surface area is 96.7 Å². The lowest BCUT2D eigenvalue weighted by molar-refractivity contribution is -0.137.